The Balaban J connectivity index is 0.00000103. The van der Waals surface area contributed by atoms with Gasteiger partial charge in [-0.15, -0.1) is 0 Å². The minimum atomic E-state index is -4.57. The van der Waals surface area contributed by atoms with E-state index in [-0.39, 0.29) is 29.3 Å². The van der Waals surface area contributed by atoms with Crippen LogP contribution in [0.1, 0.15) is 69.1 Å². The Morgan fingerprint density at radius 1 is 1.18 bits per heavy atom. The van der Waals surface area contributed by atoms with Crippen molar-refractivity contribution in [1.29, 1.82) is 0 Å². The van der Waals surface area contributed by atoms with Crippen LogP contribution in [0.25, 0.3) is 0 Å². The Bertz CT molecular complexity index is 875. The summed E-state index contributed by atoms with van der Waals surface area (Å²) >= 11 is 0. The minimum Gasteiger partial charge on any atom is -0.381 e. The van der Waals surface area contributed by atoms with Gasteiger partial charge < -0.3 is 15.0 Å². The molecule has 2 fully saturated rings. The molecule has 2 unspecified atom stereocenters. The van der Waals surface area contributed by atoms with Crippen LogP contribution < -0.4 is 10.5 Å². The van der Waals surface area contributed by atoms with Crippen molar-refractivity contribution in [2.24, 2.45) is 11.1 Å². The Labute approximate surface area is 202 Å². The van der Waals surface area contributed by atoms with Crippen molar-refractivity contribution in [1.82, 2.24) is 10.2 Å². The van der Waals surface area contributed by atoms with Gasteiger partial charge >= 0.3 is 6.18 Å². The van der Waals surface area contributed by atoms with E-state index in [1.807, 2.05) is 0 Å². The molecule has 10 heteroatoms. The molecule has 0 bridgehead atoms. The van der Waals surface area contributed by atoms with E-state index in [1.54, 1.807) is 4.90 Å². The predicted octanol–water partition coefficient (Wildman–Crippen LogP) is 3.93. The SMILES string of the molecule is CCC.NS(=O)c1cc(C(F)(F)F)cc2c1CCN(C(=O)C1CC[C@@H](NC3CCOCC3)C1)C2. The third-order valence-corrected chi connectivity index (χ3v) is 7.42. The fraction of sp³-hybridized carbons (Fsp3) is 0.708. The summed E-state index contributed by atoms with van der Waals surface area (Å²) in [7, 11) is -2.02. The third kappa shape index (κ3) is 6.80. The summed E-state index contributed by atoms with van der Waals surface area (Å²) in [6.07, 6.45) is 1.45. The second-order valence-corrected chi connectivity index (χ2v) is 10.4. The zero-order chi connectivity index (χ0) is 24.9. The number of alkyl halides is 3. The smallest absolute Gasteiger partial charge is 0.381 e. The van der Waals surface area contributed by atoms with Gasteiger partial charge in [0, 0.05) is 44.3 Å². The highest BCUT2D eigenvalue weighted by molar-refractivity contribution is 7.82. The molecule has 3 N–H and O–H groups in total. The van der Waals surface area contributed by atoms with Gasteiger partial charge in [0.2, 0.25) is 5.91 Å². The summed E-state index contributed by atoms with van der Waals surface area (Å²) in [5, 5.41) is 9.09. The van der Waals surface area contributed by atoms with Crippen molar-refractivity contribution >= 4 is 16.9 Å². The van der Waals surface area contributed by atoms with Crippen LogP contribution in [0.4, 0.5) is 13.2 Å². The molecule has 1 saturated heterocycles. The number of nitrogens with one attached hydrogen (secondary N) is 1. The first-order valence-corrected chi connectivity index (χ1v) is 13.4. The van der Waals surface area contributed by atoms with Crippen molar-refractivity contribution < 1.29 is 26.9 Å². The molecule has 6 nitrogen and oxygen atoms in total. The number of hydrogen-bond donors (Lipinski definition) is 2. The number of nitrogens with two attached hydrogens (primary N) is 1. The van der Waals surface area contributed by atoms with Crippen molar-refractivity contribution in [2.75, 3.05) is 19.8 Å². The van der Waals surface area contributed by atoms with Crippen LogP contribution in [-0.2, 0) is 39.7 Å². The number of hydrogen-bond acceptors (Lipinski definition) is 4. The van der Waals surface area contributed by atoms with E-state index in [0.717, 1.165) is 57.5 Å². The number of carbonyl (C=O) groups is 1. The van der Waals surface area contributed by atoms with Gasteiger partial charge in [0.05, 0.1) is 10.5 Å². The summed E-state index contributed by atoms with van der Waals surface area (Å²) < 4.78 is 57.1. The minimum absolute atomic E-state index is 0.00485. The summed E-state index contributed by atoms with van der Waals surface area (Å²) in [6.45, 7) is 6.26. The standard InChI is InChI=1S/C21H28F3N3O3S.C3H8/c22-21(23,24)15-9-14-12-27(6-3-18(14)19(11-15)31(25)29)20(28)13-1-2-17(10-13)26-16-4-7-30-8-5-16;1-3-2/h9,11,13,16-17,26H,1-8,10,12,25H2;3H2,1-2H3/t13?,17-,31?;/m1./s1. The Morgan fingerprint density at radius 3 is 2.47 bits per heavy atom. The van der Waals surface area contributed by atoms with Gasteiger partial charge in [-0.1, -0.05) is 20.3 Å². The first kappa shape index (κ1) is 27.1. The van der Waals surface area contributed by atoms with Crippen molar-refractivity contribution in [3.63, 3.8) is 0 Å². The molecule has 1 aliphatic carbocycles. The molecule has 192 valence electrons. The Morgan fingerprint density at radius 2 is 1.85 bits per heavy atom. The second-order valence-electron chi connectivity index (χ2n) is 9.38. The van der Waals surface area contributed by atoms with E-state index in [0.29, 0.717) is 30.1 Å². The van der Waals surface area contributed by atoms with Gasteiger partial charge in [-0.3, -0.25) is 4.79 Å². The van der Waals surface area contributed by atoms with E-state index in [9.17, 15) is 22.2 Å². The number of benzene rings is 1. The van der Waals surface area contributed by atoms with Gasteiger partial charge in [0.25, 0.3) is 0 Å². The zero-order valence-corrected chi connectivity index (χ0v) is 20.8. The van der Waals surface area contributed by atoms with Crippen LogP contribution >= 0.6 is 0 Å². The van der Waals surface area contributed by atoms with E-state index in [2.05, 4.69) is 19.2 Å². The molecule has 0 spiro atoms. The van der Waals surface area contributed by atoms with E-state index < -0.39 is 22.7 Å². The summed E-state index contributed by atoms with van der Waals surface area (Å²) in [5.74, 6) is -0.123. The molecule has 0 aromatic heterocycles. The van der Waals surface area contributed by atoms with Gasteiger partial charge in [-0.05, 0) is 61.8 Å². The predicted molar refractivity (Wildman–Crippen MR) is 125 cm³/mol. The number of amides is 1. The fourth-order valence-electron chi connectivity index (χ4n) is 5.00. The number of fused-ring (bicyclic) bond motifs is 1. The largest absolute Gasteiger partial charge is 0.416 e. The van der Waals surface area contributed by atoms with Gasteiger partial charge in [-0.2, -0.15) is 13.2 Å². The first-order chi connectivity index (χ1) is 16.1. The van der Waals surface area contributed by atoms with E-state index in [1.165, 1.54) is 6.42 Å². The molecule has 3 atom stereocenters. The Hall–Kier alpha value is -1.49. The Kier molecular flexibility index (Phi) is 9.54. The summed E-state index contributed by atoms with van der Waals surface area (Å²) in [4.78, 5) is 14.8. The molecular formula is C24H36F3N3O3S. The lowest BCUT2D eigenvalue weighted by molar-refractivity contribution is -0.137. The number of halogens is 3. The number of nitrogens with zero attached hydrogens (tertiary/aromatic N) is 1. The summed E-state index contributed by atoms with van der Waals surface area (Å²) in [5.41, 5.74) is 0.0809. The molecule has 1 saturated carbocycles. The molecule has 4 rings (SSSR count). The third-order valence-electron chi connectivity index (χ3n) is 6.62. The average Bonchev–Trinajstić information content (AvgIpc) is 3.26. The van der Waals surface area contributed by atoms with Crippen molar-refractivity contribution in [3.8, 4) is 0 Å². The molecule has 1 aromatic carbocycles. The zero-order valence-electron chi connectivity index (χ0n) is 20.0. The maximum atomic E-state index is 13.3. The van der Waals surface area contributed by atoms with Crippen LogP contribution in [0.2, 0.25) is 0 Å². The second kappa shape index (κ2) is 12.0. The molecular weight excluding hydrogens is 467 g/mol. The lowest BCUT2D eigenvalue weighted by Crippen LogP contribution is -2.42. The van der Waals surface area contributed by atoms with Crippen LogP contribution in [0.5, 0.6) is 0 Å². The number of carbonyl (C=O) groups excluding carboxylic acids is 1. The molecule has 2 aliphatic heterocycles. The van der Waals surface area contributed by atoms with Crippen LogP contribution in [-0.4, -0.2) is 46.9 Å². The van der Waals surface area contributed by atoms with Gasteiger partial charge in [0.1, 0.15) is 11.0 Å². The number of ether oxygens (including phenoxy) is 1. The van der Waals surface area contributed by atoms with Crippen molar-refractivity contribution in [3.05, 3.63) is 28.8 Å². The lowest BCUT2D eigenvalue weighted by Gasteiger charge is -2.32. The molecule has 3 aliphatic rings. The average molecular weight is 504 g/mol. The van der Waals surface area contributed by atoms with Crippen LogP contribution in [0.15, 0.2) is 17.0 Å². The lowest BCUT2D eigenvalue weighted by atomic mass is 9.95. The van der Waals surface area contributed by atoms with Gasteiger partial charge in [0.15, 0.2) is 0 Å². The normalized spacial score (nSPS) is 24.2. The highest BCUT2D eigenvalue weighted by Crippen LogP contribution is 2.36. The molecule has 1 aromatic rings. The monoisotopic (exact) mass is 503 g/mol. The van der Waals surface area contributed by atoms with Crippen molar-refractivity contribution in [2.45, 2.75) is 88.5 Å². The molecule has 34 heavy (non-hydrogen) atoms. The van der Waals surface area contributed by atoms with Crippen LogP contribution in [0, 0.1) is 5.92 Å². The number of rotatable bonds is 4. The van der Waals surface area contributed by atoms with E-state index >= 15 is 0 Å². The maximum absolute atomic E-state index is 13.3. The first-order valence-electron chi connectivity index (χ1n) is 12.2. The summed E-state index contributed by atoms with van der Waals surface area (Å²) in [6, 6.07) is 2.65. The highest BCUT2D eigenvalue weighted by atomic mass is 32.2. The topological polar surface area (TPSA) is 84.7 Å². The fourth-order valence-corrected chi connectivity index (χ4v) is 5.72. The van der Waals surface area contributed by atoms with Crippen LogP contribution in [0.3, 0.4) is 0 Å². The highest BCUT2D eigenvalue weighted by Gasteiger charge is 2.37. The molecule has 1 amide bonds. The molecule has 0 radical (unpaired) electrons. The molecule has 2 heterocycles. The quantitative estimate of drug-likeness (QED) is 0.652. The van der Waals surface area contributed by atoms with E-state index in [4.69, 9.17) is 9.88 Å². The van der Waals surface area contributed by atoms with Gasteiger partial charge in [-0.25, -0.2) is 9.35 Å². The maximum Gasteiger partial charge on any atom is 0.416 e.